The van der Waals surface area contributed by atoms with Crippen molar-refractivity contribution in [2.45, 2.75) is 33.1 Å². The first kappa shape index (κ1) is 16.8. The Kier molecular flexibility index (Phi) is 4.78. The Morgan fingerprint density at radius 3 is 2.88 bits per heavy atom. The van der Waals surface area contributed by atoms with Crippen molar-refractivity contribution in [3.63, 3.8) is 0 Å². The average molecular weight is 330 g/mol. The van der Waals surface area contributed by atoms with Crippen LogP contribution in [0.15, 0.2) is 18.2 Å². The normalized spacial score (nSPS) is 20.5. The van der Waals surface area contributed by atoms with E-state index >= 15 is 0 Å². The van der Waals surface area contributed by atoms with Crippen molar-refractivity contribution in [3.05, 3.63) is 23.8 Å². The van der Waals surface area contributed by atoms with Gasteiger partial charge in [-0.1, -0.05) is 13.8 Å². The molecular formula is C19H26N2O3. The number of hydrogen-bond donors (Lipinski definition) is 0. The monoisotopic (exact) mass is 330 g/mol. The Hall–Kier alpha value is -2.04. The van der Waals surface area contributed by atoms with E-state index < -0.39 is 0 Å². The number of anilines is 1. The van der Waals surface area contributed by atoms with Gasteiger partial charge in [-0.05, 0) is 42.5 Å². The smallest absolute Gasteiger partial charge is 0.232 e. The van der Waals surface area contributed by atoms with Crippen LogP contribution in [0.3, 0.4) is 0 Å². The molecular weight excluding hydrogens is 304 g/mol. The maximum atomic E-state index is 13.0. The second-order valence-corrected chi connectivity index (χ2v) is 7.18. The number of hydrogen-bond acceptors (Lipinski definition) is 3. The Bertz CT molecular complexity index is 641. The second kappa shape index (κ2) is 6.83. The van der Waals surface area contributed by atoms with Gasteiger partial charge in [0.25, 0.3) is 0 Å². The predicted molar refractivity (Wildman–Crippen MR) is 93.2 cm³/mol. The van der Waals surface area contributed by atoms with Crippen LogP contribution >= 0.6 is 0 Å². The quantitative estimate of drug-likeness (QED) is 0.852. The van der Waals surface area contributed by atoms with Crippen LogP contribution in [0.2, 0.25) is 0 Å². The molecule has 2 aliphatic rings. The van der Waals surface area contributed by atoms with Crippen molar-refractivity contribution in [1.82, 2.24) is 4.90 Å². The fourth-order valence-electron chi connectivity index (χ4n) is 3.70. The van der Waals surface area contributed by atoms with Gasteiger partial charge < -0.3 is 14.5 Å². The molecule has 0 N–H and O–H groups in total. The molecule has 0 bridgehead atoms. The molecule has 1 aromatic carbocycles. The summed E-state index contributed by atoms with van der Waals surface area (Å²) in [6.45, 7) is 6.20. The van der Waals surface area contributed by atoms with Crippen molar-refractivity contribution in [2.24, 2.45) is 11.8 Å². The summed E-state index contributed by atoms with van der Waals surface area (Å²) in [5.74, 6) is 1.22. The van der Waals surface area contributed by atoms with Crippen LogP contribution in [0.5, 0.6) is 5.75 Å². The van der Waals surface area contributed by atoms with E-state index in [1.54, 1.807) is 7.11 Å². The number of nitrogens with zero attached hydrogens (tertiary/aromatic N) is 2. The van der Waals surface area contributed by atoms with Gasteiger partial charge in [-0.2, -0.15) is 0 Å². The van der Waals surface area contributed by atoms with E-state index in [0.29, 0.717) is 18.9 Å². The third-order valence-corrected chi connectivity index (χ3v) is 4.82. The van der Waals surface area contributed by atoms with Crippen molar-refractivity contribution >= 4 is 17.5 Å². The number of likely N-dealkylation sites (tertiary alicyclic amines) is 1. The average Bonchev–Trinajstić information content (AvgIpc) is 2.93. The summed E-state index contributed by atoms with van der Waals surface area (Å²) >= 11 is 0. The zero-order valence-corrected chi connectivity index (χ0v) is 14.7. The molecule has 0 aliphatic carbocycles. The van der Waals surface area contributed by atoms with E-state index in [1.807, 2.05) is 28.0 Å². The van der Waals surface area contributed by atoms with Crippen LogP contribution in [-0.4, -0.2) is 43.5 Å². The van der Waals surface area contributed by atoms with Gasteiger partial charge in [-0.15, -0.1) is 0 Å². The summed E-state index contributed by atoms with van der Waals surface area (Å²) in [4.78, 5) is 28.9. The Labute approximate surface area is 143 Å². The minimum Gasteiger partial charge on any atom is -0.497 e. The number of ether oxygens (including phenoxy) is 1. The Balaban J connectivity index is 1.76. The standard InChI is InChI=1S/C19H26N2O3/c1-13(2)11-20-12-15(10-18(20)22)19(23)21-8-4-5-14-9-16(24-3)6-7-17(14)21/h6-7,9,13,15H,4-5,8,10-12H2,1-3H3. The third kappa shape index (κ3) is 3.25. The van der Waals surface area contributed by atoms with Gasteiger partial charge in [0.15, 0.2) is 0 Å². The Morgan fingerprint density at radius 2 is 2.17 bits per heavy atom. The summed E-state index contributed by atoms with van der Waals surface area (Å²) in [5.41, 5.74) is 2.12. The summed E-state index contributed by atoms with van der Waals surface area (Å²) in [6.07, 6.45) is 2.25. The maximum absolute atomic E-state index is 13.0. The molecule has 1 unspecified atom stereocenters. The topological polar surface area (TPSA) is 49.9 Å². The lowest BCUT2D eigenvalue weighted by atomic mass is 9.98. The number of rotatable bonds is 4. The van der Waals surface area contributed by atoms with Crippen LogP contribution in [0.25, 0.3) is 0 Å². The molecule has 5 nitrogen and oxygen atoms in total. The molecule has 0 radical (unpaired) electrons. The highest BCUT2D eigenvalue weighted by molar-refractivity contribution is 5.99. The molecule has 0 saturated carbocycles. The lowest BCUT2D eigenvalue weighted by Crippen LogP contribution is -2.40. The number of benzene rings is 1. The minimum absolute atomic E-state index is 0.0840. The highest BCUT2D eigenvalue weighted by Crippen LogP contribution is 2.33. The highest BCUT2D eigenvalue weighted by Gasteiger charge is 2.37. The summed E-state index contributed by atoms with van der Waals surface area (Å²) in [7, 11) is 1.65. The van der Waals surface area contributed by atoms with Crippen LogP contribution in [0.4, 0.5) is 5.69 Å². The maximum Gasteiger partial charge on any atom is 0.232 e. The third-order valence-electron chi connectivity index (χ3n) is 4.82. The van der Waals surface area contributed by atoms with E-state index in [-0.39, 0.29) is 17.7 Å². The molecule has 3 rings (SSSR count). The molecule has 1 aromatic rings. The van der Waals surface area contributed by atoms with E-state index in [1.165, 1.54) is 0 Å². The van der Waals surface area contributed by atoms with Gasteiger partial charge in [0, 0.05) is 31.7 Å². The molecule has 2 aliphatic heterocycles. The van der Waals surface area contributed by atoms with E-state index in [4.69, 9.17) is 4.74 Å². The zero-order valence-electron chi connectivity index (χ0n) is 14.7. The zero-order chi connectivity index (χ0) is 17.3. The fourth-order valence-corrected chi connectivity index (χ4v) is 3.70. The van der Waals surface area contributed by atoms with Crippen LogP contribution < -0.4 is 9.64 Å². The molecule has 5 heteroatoms. The molecule has 24 heavy (non-hydrogen) atoms. The van der Waals surface area contributed by atoms with Gasteiger partial charge in [-0.3, -0.25) is 9.59 Å². The fraction of sp³-hybridized carbons (Fsp3) is 0.579. The molecule has 1 fully saturated rings. The van der Waals surface area contributed by atoms with Gasteiger partial charge in [0.2, 0.25) is 11.8 Å². The van der Waals surface area contributed by atoms with Gasteiger partial charge in [0.1, 0.15) is 5.75 Å². The van der Waals surface area contributed by atoms with E-state index in [0.717, 1.165) is 42.9 Å². The van der Waals surface area contributed by atoms with Gasteiger partial charge in [-0.25, -0.2) is 0 Å². The second-order valence-electron chi connectivity index (χ2n) is 7.18. The van der Waals surface area contributed by atoms with Crippen LogP contribution in [-0.2, 0) is 16.0 Å². The summed E-state index contributed by atoms with van der Waals surface area (Å²) in [6, 6.07) is 5.88. The first-order valence-corrected chi connectivity index (χ1v) is 8.75. The highest BCUT2D eigenvalue weighted by atomic mass is 16.5. The first-order chi connectivity index (χ1) is 11.5. The molecule has 1 atom stereocenters. The van der Waals surface area contributed by atoms with Crippen LogP contribution in [0, 0.1) is 11.8 Å². The van der Waals surface area contributed by atoms with Gasteiger partial charge >= 0.3 is 0 Å². The van der Waals surface area contributed by atoms with E-state index in [9.17, 15) is 9.59 Å². The minimum atomic E-state index is -0.218. The molecule has 1 saturated heterocycles. The number of carbonyl (C=O) groups excluding carboxylic acids is 2. The van der Waals surface area contributed by atoms with Crippen molar-refractivity contribution in [2.75, 3.05) is 31.6 Å². The summed E-state index contributed by atoms with van der Waals surface area (Å²) < 4.78 is 5.29. The Morgan fingerprint density at radius 1 is 1.38 bits per heavy atom. The number of amides is 2. The van der Waals surface area contributed by atoms with Crippen molar-refractivity contribution in [3.8, 4) is 5.75 Å². The number of methoxy groups -OCH3 is 1. The number of fused-ring (bicyclic) bond motifs is 1. The molecule has 2 heterocycles. The number of carbonyl (C=O) groups is 2. The lowest BCUT2D eigenvalue weighted by molar-refractivity contribution is -0.128. The predicted octanol–water partition coefficient (Wildman–Crippen LogP) is 2.48. The molecule has 0 spiro atoms. The molecule has 130 valence electrons. The van der Waals surface area contributed by atoms with Crippen molar-refractivity contribution < 1.29 is 14.3 Å². The molecule has 2 amide bonds. The largest absolute Gasteiger partial charge is 0.497 e. The van der Waals surface area contributed by atoms with Gasteiger partial charge in [0.05, 0.1) is 13.0 Å². The number of aryl methyl sites for hydroxylation is 1. The van der Waals surface area contributed by atoms with Crippen LogP contribution in [0.1, 0.15) is 32.3 Å². The van der Waals surface area contributed by atoms with Crippen molar-refractivity contribution in [1.29, 1.82) is 0 Å². The molecule has 0 aromatic heterocycles. The first-order valence-electron chi connectivity index (χ1n) is 8.75. The summed E-state index contributed by atoms with van der Waals surface area (Å²) in [5, 5.41) is 0. The van der Waals surface area contributed by atoms with E-state index in [2.05, 4.69) is 13.8 Å². The SMILES string of the molecule is COc1ccc2c(c1)CCCN2C(=O)C1CC(=O)N(CC(C)C)C1. The lowest BCUT2D eigenvalue weighted by Gasteiger charge is -2.31.